The van der Waals surface area contributed by atoms with Crippen molar-refractivity contribution in [2.24, 2.45) is 0 Å². The molecule has 1 aromatic heterocycles. The Labute approximate surface area is 189 Å². The van der Waals surface area contributed by atoms with E-state index in [2.05, 4.69) is 10.3 Å². The van der Waals surface area contributed by atoms with Crippen LogP contribution in [-0.2, 0) is 11.3 Å². The van der Waals surface area contributed by atoms with E-state index >= 15 is 0 Å². The lowest BCUT2D eigenvalue weighted by atomic mass is 10.1. The Balaban J connectivity index is 1.36. The number of fused-ring (bicyclic) bond motifs is 2. The highest BCUT2D eigenvalue weighted by Gasteiger charge is 2.35. The lowest BCUT2D eigenvalue weighted by Crippen LogP contribution is -2.34. The summed E-state index contributed by atoms with van der Waals surface area (Å²) in [4.78, 5) is 42.6. The molecule has 0 saturated carbocycles. The topological polar surface area (TPSA) is 97.8 Å². The van der Waals surface area contributed by atoms with Crippen LogP contribution in [0.5, 0.6) is 5.75 Å². The second-order valence-electron chi connectivity index (χ2n) is 8.26. The van der Waals surface area contributed by atoms with Crippen molar-refractivity contribution in [2.75, 3.05) is 13.2 Å². The number of nitrogens with one attached hydrogen (secondary N) is 1. The standard InChI is InChI=1S/C23H23N3O5S/c1-23(2,3)31-22(29)24-10-11-30-14-8-9-18-17(12-14)25-19(32-18)13-26-20(27)15-6-4-5-7-16(15)21(26)28/h4-9,12H,10-11,13H2,1-3H3,(H,24,29). The Morgan fingerprint density at radius 2 is 1.78 bits per heavy atom. The van der Waals surface area contributed by atoms with Gasteiger partial charge in [-0.05, 0) is 45.0 Å². The molecule has 1 aliphatic heterocycles. The zero-order valence-corrected chi connectivity index (χ0v) is 18.8. The first kappa shape index (κ1) is 21.8. The number of benzene rings is 2. The van der Waals surface area contributed by atoms with Gasteiger partial charge in [0.25, 0.3) is 11.8 Å². The Bertz CT molecular complexity index is 1160. The molecule has 0 saturated heterocycles. The zero-order chi connectivity index (χ0) is 22.9. The van der Waals surface area contributed by atoms with E-state index in [1.807, 2.05) is 12.1 Å². The second kappa shape index (κ2) is 8.58. The fraction of sp³-hybridized carbons (Fsp3) is 0.304. The Morgan fingerprint density at radius 1 is 1.09 bits per heavy atom. The second-order valence-corrected chi connectivity index (χ2v) is 9.37. The summed E-state index contributed by atoms with van der Waals surface area (Å²) in [5, 5.41) is 3.30. The summed E-state index contributed by atoms with van der Waals surface area (Å²) >= 11 is 1.43. The van der Waals surface area contributed by atoms with Gasteiger partial charge in [0.2, 0.25) is 0 Å². The van der Waals surface area contributed by atoms with Gasteiger partial charge in [0.15, 0.2) is 0 Å². The third-order valence-corrected chi connectivity index (χ3v) is 5.64. The lowest BCUT2D eigenvalue weighted by Gasteiger charge is -2.19. The number of amides is 3. The number of hydrogen-bond acceptors (Lipinski definition) is 7. The summed E-state index contributed by atoms with van der Waals surface area (Å²) in [5.74, 6) is 0.0128. The summed E-state index contributed by atoms with van der Waals surface area (Å²) in [6, 6.07) is 12.3. The minimum Gasteiger partial charge on any atom is -0.492 e. The van der Waals surface area contributed by atoms with E-state index in [0.29, 0.717) is 28.4 Å². The maximum Gasteiger partial charge on any atom is 0.407 e. The van der Waals surface area contributed by atoms with Crippen molar-refractivity contribution in [3.8, 4) is 5.75 Å². The number of aromatic nitrogens is 1. The third-order valence-electron chi connectivity index (χ3n) is 4.61. The molecule has 0 unspecified atom stereocenters. The van der Waals surface area contributed by atoms with Crippen molar-refractivity contribution in [2.45, 2.75) is 32.9 Å². The van der Waals surface area contributed by atoms with Crippen molar-refractivity contribution < 1.29 is 23.9 Å². The van der Waals surface area contributed by atoms with E-state index in [-0.39, 0.29) is 25.0 Å². The first-order chi connectivity index (χ1) is 15.2. The molecule has 8 nitrogen and oxygen atoms in total. The molecule has 3 amide bonds. The molecule has 0 aliphatic carbocycles. The SMILES string of the molecule is CC(C)(C)OC(=O)NCCOc1ccc2sc(CN3C(=O)c4ccccc4C3=O)nc2c1. The zero-order valence-electron chi connectivity index (χ0n) is 18.0. The van der Waals surface area contributed by atoms with Crippen LogP contribution in [0.25, 0.3) is 10.2 Å². The number of alkyl carbamates (subject to hydrolysis) is 1. The van der Waals surface area contributed by atoms with Crippen molar-refractivity contribution in [1.82, 2.24) is 15.2 Å². The molecule has 3 aromatic rings. The van der Waals surface area contributed by atoms with Crippen LogP contribution in [0, 0.1) is 0 Å². The van der Waals surface area contributed by atoms with E-state index in [1.165, 1.54) is 16.2 Å². The van der Waals surface area contributed by atoms with E-state index in [1.54, 1.807) is 51.1 Å². The van der Waals surface area contributed by atoms with Crippen LogP contribution in [0.15, 0.2) is 42.5 Å². The fourth-order valence-corrected chi connectivity index (χ4v) is 4.20. The smallest absolute Gasteiger partial charge is 0.407 e. The molecular weight excluding hydrogens is 430 g/mol. The number of carbonyl (C=O) groups is 3. The van der Waals surface area contributed by atoms with Crippen LogP contribution in [0.2, 0.25) is 0 Å². The van der Waals surface area contributed by atoms with Crippen LogP contribution < -0.4 is 10.1 Å². The van der Waals surface area contributed by atoms with Gasteiger partial charge >= 0.3 is 6.09 Å². The van der Waals surface area contributed by atoms with Gasteiger partial charge in [-0.3, -0.25) is 14.5 Å². The normalized spacial score (nSPS) is 13.4. The van der Waals surface area contributed by atoms with Gasteiger partial charge in [0.1, 0.15) is 23.0 Å². The number of hydrogen-bond donors (Lipinski definition) is 1. The third kappa shape index (κ3) is 4.72. The minimum absolute atomic E-state index is 0.127. The van der Waals surface area contributed by atoms with Crippen LogP contribution >= 0.6 is 11.3 Å². The summed E-state index contributed by atoms with van der Waals surface area (Å²) in [5.41, 5.74) is 1.02. The molecule has 2 heterocycles. The number of carbonyl (C=O) groups excluding carboxylic acids is 3. The van der Waals surface area contributed by atoms with Gasteiger partial charge < -0.3 is 14.8 Å². The molecule has 0 spiro atoms. The molecule has 0 fully saturated rings. The molecule has 2 aromatic carbocycles. The molecule has 166 valence electrons. The summed E-state index contributed by atoms with van der Waals surface area (Å²) in [6.45, 7) is 6.10. The monoisotopic (exact) mass is 453 g/mol. The summed E-state index contributed by atoms with van der Waals surface area (Å²) < 4.78 is 11.8. The summed E-state index contributed by atoms with van der Waals surface area (Å²) in [7, 11) is 0. The highest BCUT2D eigenvalue weighted by atomic mass is 32.1. The van der Waals surface area contributed by atoms with Crippen LogP contribution in [-0.4, -0.2) is 46.5 Å². The highest BCUT2D eigenvalue weighted by Crippen LogP contribution is 2.29. The van der Waals surface area contributed by atoms with Gasteiger partial charge in [-0.1, -0.05) is 12.1 Å². The average Bonchev–Trinajstić information content (AvgIpc) is 3.24. The highest BCUT2D eigenvalue weighted by molar-refractivity contribution is 7.18. The van der Waals surface area contributed by atoms with Gasteiger partial charge in [-0.15, -0.1) is 11.3 Å². The minimum atomic E-state index is -0.550. The maximum atomic E-state index is 12.6. The summed E-state index contributed by atoms with van der Waals surface area (Å²) in [6.07, 6.45) is -0.492. The van der Waals surface area contributed by atoms with Crippen molar-refractivity contribution in [3.63, 3.8) is 0 Å². The molecule has 32 heavy (non-hydrogen) atoms. The number of imide groups is 1. The van der Waals surface area contributed by atoms with Gasteiger partial charge in [0.05, 0.1) is 34.4 Å². The van der Waals surface area contributed by atoms with Crippen LogP contribution in [0.3, 0.4) is 0 Å². The van der Waals surface area contributed by atoms with Crippen molar-refractivity contribution in [3.05, 3.63) is 58.6 Å². The van der Waals surface area contributed by atoms with E-state index in [0.717, 1.165) is 10.2 Å². The average molecular weight is 454 g/mol. The molecule has 9 heteroatoms. The first-order valence-electron chi connectivity index (χ1n) is 10.2. The largest absolute Gasteiger partial charge is 0.492 e. The number of ether oxygens (including phenoxy) is 2. The van der Waals surface area contributed by atoms with E-state index < -0.39 is 11.7 Å². The molecular formula is C23H23N3O5S. The van der Waals surface area contributed by atoms with Crippen molar-refractivity contribution in [1.29, 1.82) is 0 Å². The number of thiazole rings is 1. The van der Waals surface area contributed by atoms with E-state index in [9.17, 15) is 14.4 Å². The predicted molar refractivity (Wildman–Crippen MR) is 120 cm³/mol. The number of rotatable bonds is 6. The molecule has 1 aliphatic rings. The van der Waals surface area contributed by atoms with Gasteiger partial charge in [0, 0.05) is 6.07 Å². The maximum absolute atomic E-state index is 12.6. The quantitative estimate of drug-likeness (QED) is 0.448. The molecule has 0 atom stereocenters. The van der Waals surface area contributed by atoms with Crippen LogP contribution in [0.4, 0.5) is 4.79 Å². The Hall–Kier alpha value is -3.46. The first-order valence-corrected chi connectivity index (χ1v) is 11.0. The molecule has 0 bridgehead atoms. The molecule has 1 N–H and O–H groups in total. The van der Waals surface area contributed by atoms with Crippen LogP contribution in [0.1, 0.15) is 46.5 Å². The lowest BCUT2D eigenvalue weighted by molar-refractivity contribution is 0.0519. The number of nitrogens with zero attached hydrogens (tertiary/aromatic N) is 2. The molecule has 0 radical (unpaired) electrons. The van der Waals surface area contributed by atoms with E-state index in [4.69, 9.17) is 9.47 Å². The van der Waals surface area contributed by atoms with Gasteiger partial charge in [-0.25, -0.2) is 9.78 Å². The Kier molecular flexibility index (Phi) is 5.84. The Morgan fingerprint density at radius 3 is 2.44 bits per heavy atom. The fourth-order valence-electron chi connectivity index (χ4n) is 3.27. The van der Waals surface area contributed by atoms with Crippen molar-refractivity contribution >= 4 is 39.5 Å². The predicted octanol–water partition coefficient (Wildman–Crippen LogP) is 4.00. The van der Waals surface area contributed by atoms with Gasteiger partial charge in [-0.2, -0.15) is 0 Å². The molecule has 4 rings (SSSR count).